The Kier molecular flexibility index (Phi) is 10.7. The van der Waals surface area contributed by atoms with E-state index in [2.05, 4.69) is 22.5 Å². The van der Waals surface area contributed by atoms with E-state index >= 15 is 0 Å². The van der Waals surface area contributed by atoms with Crippen LogP contribution in [0.15, 0.2) is 48.7 Å². The summed E-state index contributed by atoms with van der Waals surface area (Å²) in [6, 6.07) is 12.6. The second-order valence-electron chi connectivity index (χ2n) is 9.36. The average molecular weight is 569 g/mol. The Morgan fingerprint density at radius 1 is 1.23 bits per heavy atom. The molecule has 0 fully saturated rings. The van der Waals surface area contributed by atoms with Crippen LogP contribution in [0, 0.1) is 11.8 Å². The molecule has 0 unspecified atom stereocenters. The van der Waals surface area contributed by atoms with E-state index in [9.17, 15) is 18.3 Å². The van der Waals surface area contributed by atoms with Gasteiger partial charge in [0, 0.05) is 37.3 Å². The van der Waals surface area contributed by atoms with Crippen LogP contribution in [0.4, 0.5) is 5.69 Å². The predicted octanol–water partition coefficient (Wildman–Crippen LogP) is 2.00. The maximum absolute atomic E-state index is 13.6. The largest absolute Gasteiger partial charge is 0.483 e. The first-order chi connectivity index (χ1) is 19.2. The maximum atomic E-state index is 13.6. The zero-order valence-electron chi connectivity index (χ0n) is 22.9. The second kappa shape index (κ2) is 14.0. The lowest BCUT2D eigenvalue weighted by Crippen LogP contribution is -2.48. The number of hydrogen-bond donors (Lipinski definition) is 4. The van der Waals surface area contributed by atoms with Gasteiger partial charge >= 0.3 is 0 Å². The number of nitrogens with zero attached hydrogens (tertiary/aromatic N) is 2. The third-order valence-electron chi connectivity index (χ3n) is 6.85. The van der Waals surface area contributed by atoms with E-state index in [1.54, 1.807) is 13.0 Å². The van der Waals surface area contributed by atoms with Crippen LogP contribution >= 0.6 is 0 Å². The number of nitrogens with one attached hydrogen (secondary N) is 2. The van der Waals surface area contributed by atoms with Crippen molar-refractivity contribution in [2.24, 2.45) is 0 Å². The summed E-state index contributed by atoms with van der Waals surface area (Å²) in [6.45, 7) is 4.92. The van der Waals surface area contributed by atoms with Crippen molar-refractivity contribution in [1.82, 2.24) is 15.2 Å². The fourth-order valence-electron chi connectivity index (χ4n) is 4.76. The molecule has 1 aromatic heterocycles. The maximum Gasteiger partial charge on any atom is 0.290 e. The number of rotatable bonds is 9. The van der Waals surface area contributed by atoms with Gasteiger partial charge in [0.1, 0.15) is 0 Å². The molecule has 10 nitrogen and oxygen atoms in total. The van der Waals surface area contributed by atoms with E-state index in [1.807, 2.05) is 54.1 Å². The number of aryl methyl sites for hydroxylation is 2. The van der Waals surface area contributed by atoms with Gasteiger partial charge in [-0.25, -0.2) is 8.42 Å². The molecule has 1 aliphatic rings. The molecule has 1 amide bonds. The molecular weight excluding hydrogens is 532 g/mol. The SMILES string of the molecule is CC#CCNC[C@@H](O)[C@H](Cc1ccccc1)NC(=O)c1cc2c3c(cn(CC)c3c1)CCS(=O)(=O)N2C.O=CO. The first-order valence-corrected chi connectivity index (χ1v) is 14.6. The molecule has 40 heavy (non-hydrogen) atoms. The fourth-order valence-corrected chi connectivity index (χ4v) is 5.96. The van der Waals surface area contributed by atoms with Gasteiger partial charge in [0.15, 0.2) is 0 Å². The standard InChI is InChI=1S/C28H34N4O4S.CH2O2/c1-4-6-13-29-18-26(33)23(15-20-10-8-7-9-11-20)30-28(34)22-16-24-27-21(12-14-37(35,36)31(24)3)19-32(5-2)25(27)17-22;2-1-3/h7-11,16-17,19,23,26,29,33H,5,12-15,18H2,1-3H3,(H,30,34);1H,(H,2,3)/t23-,26+;/m0./s1. The van der Waals surface area contributed by atoms with Gasteiger partial charge in [-0.1, -0.05) is 36.3 Å². The minimum absolute atomic E-state index is 0.0172. The van der Waals surface area contributed by atoms with Crippen molar-refractivity contribution in [1.29, 1.82) is 0 Å². The van der Waals surface area contributed by atoms with Crippen LogP contribution in [0.5, 0.6) is 0 Å². The third kappa shape index (κ3) is 7.21. The van der Waals surface area contributed by atoms with E-state index < -0.39 is 22.2 Å². The summed E-state index contributed by atoms with van der Waals surface area (Å²) in [5.74, 6) is 5.36. The average Bonchev–Trinajstić information content (AvgIpc) is 3.27. The number of aliphatic hydroxyl groups is 1. The minimum atomic E-state index is -3.50. The smallest absolute Gasteiger partial charge is 0.290 e. The molecule has 214 valence electrons. The van der Waals surface area contributed by atoms with Gasteiger partial charge in [-0.2, -0.15) is 0 Å². The number of carbonyl (C=O) groups is 2. The highest BCUT2D eigenvalue weighted by Crippen LogP contribution is 2.36. The Morgan fingerprint density at radius 2 is 1.93 bits per heavy atom. The van der Waals surface area contributed by atoms with Crippen LogP contribution in [0.25, 0.3) is 10.9 Å². The van der Waals surface area contributed by atoms with E-state index in [-0.39, 0.29) is 24.7 Å². The summed E-state index contributed by atoms with van der Waals surface area (Å²) in [4.78, 5) is 21.9. The zero-order valence-corrected chi connectivity index (χ0v) is 23.7. The predicted molar refractivity (Wildman–Crippen MR) is 156 cm³/mol. The first-order valence-electron chi connectivity index (χ1n) is 13.0. The number of amides is 1. The lowest BCUT2D eigenvalue weighted by molar-refractivity contribution is -0.122. The highest BCUT2D eigenvalue weighted by atomic mass is 32.2. The van der Waals surface area contributed by atoms with Gasteiger partial charge < -0.3 is 25.4 Å². The number of sulfonamides is 1. The van der Waals surface area contributed by atoms with Gasteiger partial charge in [-0.05, 0) is 49.9 Å². The lowest BCUT2D eigenvalue weighted by Gasteiger charge is -2.25. The molecule has 0 radical (unpaired) electrons. The topological polar surface area (TPSA) is 141 Å². The van der Waals surface area contributed by atoms with Crippen molar-refractivity contribution in [3.05, 3.63) is 65.4 Å². The van der Waals surface area contributed by atoms with Crippen molar-refractivity contribution < 1.29 is 28.2 Å². The number of carboxylic acid groups (broad SMARTS) is 1. The second-order valence-corrected chi connectivity index (χ2v) is 11.5. The Morgan fingerprint density at radius 3 is 2.58 bits per heavy atom. The summed E-state index contributed by atoms with van der Waals surface area (Å²) in [6.07, 6.45) is 1.99. The Hall–Kier alpha value is -3.85. The van der Waals surface area contributed by atoms with Gasteiger partial charge in [0.05, 0.1) is 35.6 Å². The number of anilines is 1. The highest BCUT2D eigenvalue weighted by Gasteiger charge is 2.29. The zero-order chi connectivity index (χ0) is 29.3. The number of aromatic nitrogens is 1. The van der Waals surface area contributed by atoms with Gasteiger partial charge in [0.25, 0.3) is 12.4 Å². The molecule has 0 saturated heterocycles. The molecule has 4 N–H and O–H groups in total. The Bertz CT molecular complexity index is 1490. The first kappa shape index (κ1) is 30.7. The molecule has 1 aliphatic heterocycles. The molecule has 0 saturated carbocycles. The molecule has 0 aliphatic carbocycles. The molecule has 3 aromatic rings. The summed E-state index contributed by atoms with van der Waals surface area (Å²) in [5, 5.41) is 24.8. The van der Waals surface area contributed by atoms with Crippen LogP contribution in [-0.4, -0.2) is 73.6 Å². The molecule has 2 aromatic carbocycles. The van der Waals surface area contributed by atoms with Gasteiger partial charge in [0.2, 0.25) is 10.0 Å². The van der Waals surface area contributed by atoms with Crippen LogP contribution < -0.4 is 14.9 Å². The summed E-state index contributed by atoms with van der Waals surface area (Å²) in [5.41, 5.74) is 3.62. The normalized spacial score (nSPS) is 15.1. The minimum Gasteiger partial charge on any atom is -0.483 e. The molecular formula is C29H36N4O6S. The van der Waals surface area contributed by atoms with Crippen LogP contribution in [0.1, 0.15) is 35.3 Å². The number of carbonyl (C=O) groups excluding carboxylic acids is 1. The summed E-state index contributed by atoms with van der Waals surface area (Å²) < 4.78 is 29.0. The fraction of sp³-hybridized carbons (Fsp3) is 0.379. The van der Waals surface area contributed by atoms with Crippen LogP contribution in [0.2, 0.25) is 0 Å². The number of aliphatic hydroxyl groups excluding tert-OH is 1. The monoisotopic (exact) mass is 568 g/mol. The quantitative estimate of drug-likeness (QED) is 0.176. The van der Waals surface area contributed by atoms with Crippen molar-refractivity contribution >= 4 is 39.0 Å². The molecule has 11 heteroatoms. The van der Waals surface area contributed by atoms with Gasteiger partial charge in [-0.15, -0.1) is 5.92 Å². The van der Waals surface area contributed by atoms with Crippen LogP contribution in [-0.2, 0) is 34.2 Å². The summed E-state index contributed by atoms with van der Waals surface area (Å²) >= 11 is 0. The Labute approximate surface area is 235 Å². The van der Waals surface area contributed by atoms with Crippen LogP contribution in [0.3, 0.4) is 0 Å². The molecule has 4 rings (SSSR count). The Balaban J connectivity index is 0.00000141. The number of hydrogen-bond acceptors (Lipinski definition) is 6. The molecule has 0 spiro atoms. The third-order valence-corrected chi connectivity index (χ3v) is 8.60. The summed E-state index contributed by atoms with van der Waals surface area (Å²) in [7, 11) is -1.96. The van der Waals surface area contributed by atoms with E-state index in [0.29, 0.717) is 37.2 Å². The van der Waals surface area contributed by atoms with E-state index in [1.165, 1.54) is 11.4 Å². The van der Waals surface area contributed by atoms with E-state index in [4.69, 9.17) is 9.90 Å². The lowest BCUT2D eigenvalue weighted by atomic mass is 10.00. The van der Waals surface area contributed by atoms with Crippen molar-refractivity contribution in [3.8, 4) is 11.8 Å². The molecule has 2 heterocycles. The molecule has 0 bridgehead atoms. The number of benzene rings is 2. The molecule has 2 atom stereocenters. The van der Waals surface area contributed by atoms with Crippen molar-refractivity contribution in [2.75, 3.05) is 30.2 Å². The van der Waals surface area contributed by atoms with E-state index in [0.717, 1.165) is 22.0 Å². The highest BCUT2D eigenvalue weighted by molar-refractivity contribution is 7.92. The van der Waals surface area contributed by atoms with Crippen molar-refractivity contribution in [2.45, 2.75) is 45.4 Å². The van der Waals surface area contributed by atoms with Crippen molar-refractivity contribution in [3.63, 3.8) is 0 Å². The van der Waals surface area contributed by atoms with Gasteiger partial charge in [-0.3, -0.25) is 13.9 Å².